The van der Waals surface area contributed by atoms with Crippen molar-refractivity contribution in [3.63, 3.8) is 0 Å². The van der Waals surface area contributed by atoms with Crippen LogP contribution in [0.5, 0.6) is 0 Å². The molecule has 1 aromatic rings. The number of hydrogen-bond acceptors (Lipinski definition) is 3. The Balaban J connectivity index is 2.20. The number of allylic oxidation sites excluding steroid dienone is 2. The molecule has 1 amide bonds. The van der Waals surface area contributed by atoms with Crippen LogP contribution in [0.2, 0.25) is 10.0 Å². The van der Waals surface area contributed by atoms with Crippen LogP contribution in [-0.4, -0.2) is 35.8 Å². The average Bonchev–Trinajstić information content (AvgIpc) is 2.46. The van der Waals surface area contributed by atoms with Gasteiger partial charge < -0.3 is 0 Å². The van der Waals surface area contributed by atoms with Crippen molar-refractivity contribution in [2.45, 2.75) is 31.6 Å². The topological polar surface area (TPSA) is 40.6 Å². The number of carbonyl (C=O) groups is 2. The fourth-order valence-corrected chi connectivity index (χ4v) is 4.19. The van der Waals surface area contributed by atoms with Crippen LogP contribution in [0.3, 0.4) is 0 Å². The third-order valence-corrected chi connectivity index (χ3v) is 5.06. The molecule has 0 spiro atoms. The van der Waals surface area contributed by atoms with Gasteiger partial charge in [-0.1, -0.05) is 29.3 Å². The van der Waals surface area contributed by atoms with E-state index in [9.17, 15) is 9.59 Å². The zero-order chi connectivity index (χ0) is 16.7. The second-order valence-corrected chi connectivity index (χ2v) is 6.90. The number of ketones is 1. The molecule has 1 atom stereocenters. The lowest BCUT2D eigenvalue weighted by molar-refractivity contribution is -0.143. The summed E-state index contributed by atoms with van der Waals surface area (Å²) in [6, 6.07) is 5.27. The molecule has 0 saturated carbocycles. The summed E-state index contributed by atoms with van der Waals surface area (Å²) in [5, 5.41) is 4.35. The Bertz CT molecular complexity index is 692. The number of rotatable bonds is 2. The van der Waals surface area contributed by atoms with E-state index in [2.05, 4.69) is 0 Å². The normalized spacial score (nSPS) is 22.0. The summed E-state index contributed by atoms with van der Waals surface area (Å²) in [5.41, 5.74) is 2.17. The fraction of sp³-hybridized carbons (Fsp3) is 0.412. The first-order valence-electron chi connectivity index (χ1n) is 7.62. The first-order chi connectivity index (χ1) is 10.9. The van der Waals surface area contributed by atoms with Crippen LogP contribution in [0, 0.1) is 0 Å². The molecule has 3 rings (SSSR count). The number of hydrazine groups is 1. The van der Waals surface area contributed by atoms with Gasteiger partial charge in [0.25, 0.3) is 0 Å². The predicted octanol–water partition coefficient (Wildman–Crippen LogP) is 3.79. The van der Waals surface area contributed by atoms with Gasteiger partial charge >= 0.3 is 0 Å². The molecule has 1 aliphatic heterocycles. The minimum Gasteiger partial charge on any atom is -0.294 e. The van der Waals surface area contributed by atoms with Crippen LogP contribution in [0.4, 0.5) is 0 Å². The molecule has 1 heterocycles. The lowest BCUT2D eigenvalue weighted by Gasteiger charge is -2.41. The molecule has 122 valence electrons. The molecule has 0 fully saturated rings. The number of hydrogen-bond donors (Lipinski definition) is 0. The molecule has 0 bridgehead atoms. The lowest BCUT2D eigenvalue weighted by Crippen LogP contribution is -2.47. The third-order valence-electron chi connectivity index (χ3n) is 4.40. The molecule has 6 heteroatoms. The van der Waals surface area contributed by atoms with Crippen LogP contribution in [0.25, 0.3) is 0 Å². The van der Waals surface area contributed by atoms with E-state index in [0.29, 0.717) is 34.0 Å². The van der Waals surface area contributed by atoms with Crippen LogP contribution >= 0.6 is 23.2 Å². The molecule has 1 aliphatic carbocycles. The highest BCUT2D eigenvalue weighted by Gasteiger charge is 2.41. The molecule has 0 saturated heterocycles. The number of halogens is 2. The molecule has 4 nitrogen and oxygen atoms in total. The van der Waals surface area contributed by atoms with E-state index in [1.807, 2.05) is 14.1 Å². The van der Waals surface area contributed by atoms with E-state index in [0.717, 1.165) is 12.1 Å². The van der Waals surface area contributed by atoms with Gasteiger partial charge in [0.05, 0.1) is 0 Å². The molecule has 0 radical (unpaired) electrons. The number of benzene rings is 1. The first kappa shape index (κ1) is 16.5. The van der Waals surface area contributed by atoms with Gasteiger partial charge in [-0.15, -0.1) is 0 Å². The number of amides is 1. The van der Waals surface area contributed by atoms with Crippen molar-refractivity contribution in [1.29, 1.82) is 0 Å². The Labute approximate surface area is 145 Å². The minimum atomic E-state index is -0.359. The van der Waals surface area contributed by atoms with Crippen molar-refractivity contribution in [3.05, 3.63) is 45.1 Å². The molecular weight excluding hydrogens is 335 g/mol. The highest BCUT2D eigenvalue weighted by molar-refractivity contribution is 6.36. The van der Waals surface area contributed by atoms with Gasteiger partial charge in [-0.2, -0.15) is 0 Å². The first-order valence-corrected chi connectivity index (χ1v) is 8.37. The van der Waals surface area contributed by atoms with Gasteiger partial charge in [0.2, 0.25) is 5.91 Å². The highest BCUT2D eigenvalue weighted by Crippen LogP contribution is 2.45. The van der Waals surface area contributed by atoms with Crippen molar-refractivity contribution in [2.24, 2.45) is 0 Å². The zero-order valence-corrected chi connectivity index (χ0v) is 14.6. The van der Waals surface area contributed by atoms with Crippen molar-refractivity contribution < 1.29 is 9.59 Å². The molecule has 0 aromatic heterocycles. The number of nitrogens with zero attached hydrogens (tertiary/aromatic N) is 2. The van der Waals surface area contributed by atoms with Crippen molar-refractivity contribution in [3.8, 4) is 0 Å². The SMILES string of the molecule is CN(C)N1C(=O)CC(c2c(Cl)cccc2Cl)C2=C1CCCC2=O. The summed E-state index contributed by atoms with van der Waals surface area (Å²) < 4.78 is 0. The summed E-state index contributed by atoms with van der Waals surface area (Å²) in [5.74, 6) is -0.307. The van der Waals surface area contributed by atoms with Gasteiger partial charge in [-0.25, -0.2) is 10.0 Å². The highest BCUT2D eigenvalue weighted by atomic mass is 35.5. The standard InChI is InChI=1S/C17H18Cl2N2O2/c1-20(2)21-13-7-4-8-14(22)17(13)10(9-15(21)23)16-11(18)5-3-6-12(16)19/h3,5-6,10H,4,7-9H2,1-2H3. The van der Waals surface area contributed by atoms with E-state index in [-0.39, 0.29) is 24.0 Å². The monoisotopic (exact) mass is 352 g/mol. The molecule has 1 unspecified atom stereocenters. The maximum Gasteiger partial charge on any atom is 0.242 e. The van der Waals surface area contributed by atoms with E-state index >= 15 is 0 Å². The van der Waals surface area contributed by atoms with Crippen molar-refractivity contribution >= 4 is 34.9 Å². The van der Waals surface area contributed by atoms with Crippen LogP contribution in [0.15, 0.2) is 29.5 Å². The largest absolute Gasteiger partial charge is 0.294 e. The smallest absolute Gasteiger partial charge is 0.242 e. The van der Waals surface area contributed by atoms with Crippen molar-refractivity contribution in [1.82, 2.24) is 10.0 Å². The molecule has 1 aromatic carbocycles. The summed E-state index contributed by atoms with van der Waals surface area (Å²) in [6.45, 7) is 0. The summed E-state index contributed by atoms with van der Waals surface area (Å²) >= 11 is 12.7. The zero-order valence-electron chi connectivity index (χ0n) is 13.1. The molecule has 0 N–H and O–H groups in total. The second-order valence-electron chi connectivity index (χ2n) is 6.08. The number of carbonyl (C=O) groups excluding carboxylic acids is 2. The maximum atomic E-state index is 12.7. The average molecular weight is 353 g/mol. The quantitative estimate of drug-likeness (QED) is 0.812. The molecular formula is C17H18Cl2N2O2. The summed E-state index contributed by atoms with van der Waals surface area (Å²) in [4.78, 5) is 25.3. The summed E-state index contributed by atoms with van der Waals surface area (Å²) in [7, 11) is 3.62. The van der Waals surface area contributed by atoms with Gasteiger partial charge in [0.1, 0.15) is 0 Å². The van der Waals surface area contributed by atoms with Crippen LogP contribution in [-0.2, 0) is 9.59 Å². The summed E-state index contributed by atoms with van der Waals surface area (Å²) in [6.07, 6.45) is 2.18. The van der Waals surface area contributed by atoms with E-state index in [1.54, 1.807) is 28.2 Å². The van der Waals surface area contributed by atoms with Gasteiger partial charge in [-0.05, 0) is 30.5 Å². The maximum absolute atomic E-state index is 12.7. The minimum absolute atomic E-state index is 0.0376. The van der Waals surface area contributed by atoms with E-state index in [4.69, 9.17) is 23.2 Å². The van der Waals surface area contributed by atoms with Crippen LogP contribution < -0.4 is 0 Å². The Morgan fingerprint density at radius 1 is 1.13 bits per heavy atom. The number of Topliss-reactive ketones (excluding diaryl/α,β-unsaturated/α-hetero) is 1. The van der Waals surface area contributed by atoms with Crippen LogP contribution in [0.1, 0.15) is 37.2 Å². The van der Waals surface area contributed by atoms with Gasteiger partial charge in [0.15, 0.2) is 5.78 Å². The van der Waals surface area contributed by atoms with Gasteiger partial charge in [0, 0.05) is 54.2 Å². The Morgan fingerprint density at radius 3 is 2.39 bits per heavy atom. The van der Waals surface area contributed by atoms with E-state index < -0.39 is 0 Å². The van der Waals surface area contributed by atoms with Gasteiger partial charge in [-0.3, -0.25) is 9.59 Å². The Morgan fingerprint density at radius 2 is 1.78 bits per heavy atom. The van der Waals surface area contributed by atoms with E-state index in [1.165, 1.54) is 0 Å². The van der Waals surface area contributed by atoms with Crippen molar-refractivity contribution in [2.75, 3.05) is 14.1 Å². The Hall–Kier alpha value is -1.36. The predicted molar refractivity (Wildman–Crippen MR) is 90.2 cm³/mol. The Kier molecular flexibility index (Phi) is 4.50. The fourth-order valence-electron chi connectivity index (χ4n) is 3.53. The third kappa shape index (κ3) is 2.80. The molecule has 23 heavy (non-hydrogen) atoms. The lowest BCUT2D eigenvalue weighted by atomic mass is 9.77. The molecule has 2 aliphatic rings. The second kappa shape index (κ2) is 6.27.